The summed E-state index contributed by atoms with van der Waals surface area (Å²) in [5, 5.41) is 13.1. The lowest BCUT2D eigenvalue weighted by Gasteiger charge is -2.25. The van der Waals surface area contributed by atoms with E-state index in [0.29, 0.717) is 0 Å². The Morgan fingerprint density at radius 1 is 1.23 bits per heavy atom. The highest BCUT2D eigenvalue weighted by atomic mass is 16.6. The number of anilines is 1. The van der Waals surface area contributed by atoms with Gasteiger partial charge in [-0.1, -0.05) is 24.3 Å². The molecule has 1 heterocycles. The van der Waals surface area contributed by atoms with Gasteiger partial charge in [0.25, 0.3) is 17.5 Å². The molecule has 9 heteroatoms. The Kier molecular flexibility index (Phi) is 6.10. The molecule has 0 aliphatic carbocycles. The van der Waals surface area contributed by atoms with Gasteiger partial charge in [0.15, 0.2) is 6.10 Å². The van der Waals surface area contributed by atoms with Crippen LogP contribution in [0.4, 0.5) is 11.4 Å². The lowest BCUT2D eigenvalue weighted by atomic mass is 10.1. The number of fused-ring (bicyclic) bond motifs is 1. The van der Waals surface area contributed by atoms with E-state index in [1.165, 1.54) is 25.1 Å². The van der Waals surface area contributed by atoms with Crippen molar-refractivity contribution >= 4 is 29.2 Å². The Labute approximate surface area is 172 Å². The summed E-state index contributed by atoms with van der Waals surface area (Å²) in [6, 6.07) is 12.7. The minimum Gasteiger partial charge on any atom is -0.451 e. The first-order valence-electron chi connectivity index (χ1n) is 9.41. The third-order valence-electron chi connectivity index (χ3n) is 4.81. The van der Waals surface area contributed by atoms with E-state index in [-0.39, 0.29) is 23.2 Å². The number of non-ortho nitro benzene ring substituents is 1. The van der Waals surface area contributed by atoms with Gasteiger partial charge in [0.1, 0.15) is 6.54 Å². The molecular weight excluding hydrogens is 390 g/mol. The summed E-state index contributed by atoms with van der Waals surface area (Å²) >= 11 is 0. The summed E-state index contributed by atoms with van der Waals surface area (Å²) in [6.45, 7) is 2.94. The van der Waals surface area contributed by atoms with Crippen molar-refractivity contribution in [3.05, 3.63) is 69.8 Å². The lowest BCUT2D eigenvalue weighted by Crippen LogP contribution is -2.44. The molecule has 3 rings (SSSR count). The van der Waals surface area contributed by atoms with Gasteiger partial charge >= 0.3 is 5.97 Å². The number of ether oxygens (including phenoxy) is 1. The van der Waals surface area contributed by atoms with Crippen LogP contribution >= 0.6 is 0 Å². The first-order valence-corrected chi connectivity index (χ1v) is 9.41. The predicted molar refractivity (Wildman–Crippen MR) is 108 cm³/mol. The van der Waals surface area contributed by atoms with Gasteiger partial charge < -0.3 is 15.0 Å². The zero-order valence-corrected chi connectivity index (χ0v) is 16.5. The van der Waals surface area contributed by atoms with E-state index in [0.717, 1.165) is 23.7 Å². The number of carbonyl (C=O) groups excluding carboxylic acids is 3. The smallest absolute Gasteiger partial charge is 0.326 e. The zero-order chi connectivity index (χ0) is 21.8. The molecule has 2 aromatic rings. The standard InChI is InChI=1S/C21H21N3O6/c1-13-10-15-6-3-4-9-18(15)23(13)21(27)14(2)30-19(25)12-22-20(26)16-7-5-8-17(11-16)24(28)29/h3-9,11,13-14H,10,12H2,1-2H3,(H,22,26)/t13-,14+/m1/s1. The zero-order valence-electron chi connectivity index (χ0n) is 16.5. The van der Waals surface area contributed by atoms with Crippen molar-refractivity contribution in [2.24, 2.45) is 0 Å². The molecule has 0 aromatic heterocycles. The van der Waals surface area contributed by atoms with Gasteiger partial charge in [-0.15, -0.1) is 0 Å². The van der Waals surface area contributed by atoms with Crippen LogP contribution in [0, 0.1) is 10.1 Å². The third kappa shape index (κ3) is 4.45. The van der Waals surface area contributed by atoms with Crippen LogP contribution in [0.5, 0.6) is 0 Å². The highest BCUT2D eigenvalue weighted by Crippen LogP contribution is 2.32. The summed E-state index contributed by atoms with van der Waals surface area (Å²) in [5.41, 5.74) is 1.67. The predicted octanol–water partition coefficient (Wildman–Crippen LogP) is 2.23. The van der Waals surface area contributed by atoms with Crippen molar-refractivity contribution in [2.45, 2.75) is 32.4 Å². The van der Waals surface area contributed by atoms with E-state index >= 15 is 0 Å². The van der Waals surface area contributed by atoms with Crippen LogP contribution in [-0.4, -0.2) is 41.4 Å². The maximum atomic E-state index is 12.8. The number of hydrogen-bond donors (Lipinski definition) is 1. The monoisotopic (exact) mass is 411 g/mol. The van der Waals surface area contributed by atoms with Gasteiger partial charge in [0, 0.05) is 29.4 Å². The minimum absolute atomic E-state index is 0.0450. The second-order valence-corrected chi connectivity index (χ2v) is 7.01. The number of amides is 2. The van der Waals surface area contributed by atoms with Gasteiger partial charge in [-0.25, -0.2) is 0 Å². The molecule has 1 aliphatic heterocycles. The average molecular weight is 411 g/mol. The van der Waals surface area contributed by atoms with Crippen molar-refractivity contribution in [3.63, 3.8) is 0 Å². The number of rotatable bonds is 6. The van der Waals surface area contributed by atoms with Crippen molar-refractivity contribution in [3.8, 4) is 0 Å². The number of hydrogen-bond acceptors (Lipinski definition) is 6. The Hall–Kier alpha value is -3.75. The summed E-state index contributed by atoms with van der Waals surface area (Å²) in [7, 11) is 0. The van der Waals surface area contributed by atoms with E-state index < -0.39 is 29.4 Å². The summed E-state index contributed by atoms with van der Waals surface area (Å²) in [5.74, 6) is -1.78. The topological polar surface area (TPSA) is 119 Å². The third-order valence-corrected chi connectivity index (χ3v) is 4.81. The molecule has 1 aliphatic rings. The highest BCUT2D eigenvalue weighted by molar-refractivity contribution is 6.00. The van der Waals surface area contributed by atoms with E-state index in [1.807, 2.05) is 31.2 Å². The Morgan fingerprint density at radius 2 is 1.97 bits per heavy atom. The molecule has 30 heavy (non-hydrogen) atoms. The number of benzene rings is 2. The second-order valence-electron chi connectivity index (χ2n) is 7.01. The average Bonchev–Trinajstić information content (AvgIpc) is 3.07. The van der Waals surface area contributed by atoms with Crippen molar-refractivity contribution in [1.29, 1.82) is 0 Å². The van der Waals surface area contributed by atoms with Gasteiger partial charge in [0.05, 0.1) is 4.92 Å². The van der Waals surface area contributed by atoms with Crippen LogP contribution in [0.25, 0.3) is 0 Å². The molecule has 0 bridgehead atoms. The fourth-order valence-corrected chi connectivity index (χ4v) is 3.40. The first-order chi connectivity index (χ1) is 14.3. The lowest BCUT2D eigenvalue weighted by molar-refractivity contribution is -0.384. The van der Waals surface area contributed by atoms with Gasteiger partial charge in [-0.2, -0.15) is 0 Å². The molecule has 2 amide bonds. The van der Waals surface area contributed by atoms with Crippen molar-refractivity contribution in [1.82, 2.24) is 5.32 Å². The van der Waals surface area contributed by atoms with Gasteiger partial charge in [-0.3, -0.25) is 24.5 Å². The number of carbonyl (C=O) groups is 3. The maximum Gasteiger partial charge on any atom is 0.326 e. The number of nitro benzene ring substituents is 1. The van der Waals surface area contributed by atoms with E-state index in [1.54, 1.807) is 4.90 Å². The molecule has 156 valence electrons. The molecule has 2 aromatic carbocycles. The van der Waals surface area contributed by atoms with Crippen LogP contribution in [0.15, 0.2) is 48.5 Å². The molecule has 9 nitrogen and oxygen atoms in total. The van der Waals surface area contributed by atoms with Crippen LogP contribution in [-0.2, 0) is 20.7 Å². The molecule has 0 unspecified atom stereocenters. The molecular formula is C21H21N3O6. The normalized spacial score (nSPS) is 15.8. The van der Waals surface area contributed by atoms with Crippen LogP contribution in [0.3, 0.4) is 0 Å². The first kappa shape index (κ1) is 21.0. The van der Waals surface area contributed by atoms with Gasteiger partial charge in [-0.05, 0) is 38.0 Å². The van der Waals surface area contributed by atoms with Crippen molar-refractivity contribution in [2.75, 3.05) is 11.4 Å². The quantitative estimate of drug-likeness (QED) is 0.442. The highest BCUT2D eigenvalue weighted by Gasteiger charge is 2.34. The number of nitrogens with one attached hydrogen (secondary N) is 1. The number of nitro groups is 1. The van der Waals surface area contributed by atoms with E-state index in [2.05, 4.69) is 5.32 Å². The fraction of sp³-hybridized carbons (Fsp3) is 0.286. The van der Waals surface area contributed by atoms with Gasteiger partial charge in [0.2, 0.25) is 0 Å². The number of esters is 1. The van der Waals surface area contributed by atoms with E-state index in [9.17, 15) is 24.5 Å². The summed E-state index contributed by atoms with van der Waals surface area (Å²) in [6.07, 6.45) is -0.303. The summed E-state index contributed by atoms with van der Waals surface area (Å²) < 4.78 is 5.18. The Bertz CT molecular complexity index is 1010. The van der Waals surface area contributed by atoms with E-state index in [4.69, 9.17) is 4.74 Å². The number of para-hydroxylation sites is 1. The maximum absolute atomic E-state index is 12.8. The molecule has 0 saturated carbocycles. The molecule has 1 N–H and O–H groups in total. The minimum atomic E-state index is -1.03. The van der Waals surface area contributed by atoms with Crippen molar-refractivity contribution < 1.29 is 24.0 Å². The largest absolute Gasteiger partial charge is 0.451 e. The second kappa shape index (κ2) is 8.73. The van der Waals surface area contributed by atoms with Crippen LogP contribution in [0.2, 0.25) is 0 Å². The molecule has 0 fully saturated rings. The molecule has 0 spiro atoms. The Balaban J connectivity index is 1.56. The Morgan fingerprint density at radius 3 is 2.70 bits per heavy atom. The van der Waals surface area contributed by atoms with Crippen LogP contribution < -0.4 is 10.2 Å². The van der Waals surface area contributed by atoms with Crippen LogP contribution in [0.1, 0.15) is 29.8 Å². The fourth-order valence-electron chi connectivity index (χ4n) is 3.40. The summed E-state index contributed by atoms with van der Waals surface area (Å²) in [4.78, 5) is 48.8. The molecule has 2 atom stereocenters. The number of nitrogens with zero attached hydrogens (tertiary/aromatic N) is 2. The molecule has 0 saturated heterocycles. The SMILES string of the molecule is C[C@H](OC(=O)CNC(=O)c1cccc([N+](=O)[O-])c1)C(=O)N1c2ccccc2C[C@H]1C. The molecule has 0 radical (unpaired) electrons.